The normalized spacial score (nSPS) is 21.0. The summed E-state index contributed by atoms with van der Waals surface area (Å²) in [4.78, 5) is 2.60. The third kappa shape index (κ3) is 4.43. The predicted molar refractivity (Wildman–Crippen MR) is 80.5 cm³/mol. The summed E-state index contributed by atoms with van der Waals surface area (Å²) in [6, 6.07) is 8.43. The molecule has 1 saturated heterocycles. The zero-order chi connectivity index (χ0) is 13.5. The first-order valence-corrected chi connectivity index (χ1v) is 7.49. The van der Waals surface area contributed by atoms with Crippen LogP contribution in [-0.4, -0.2) is 30.6 Å². The van der Waals surface area contributed by atoms with Crippen LogP contribution in [-0.2, 0) is 0 Å². The molecule has 3 nitrogen and oxygen atoms in total. The molecule has 0 saturated carbocycles. The highest BCUT2D eigenvalue weighted by Crippen LogP contribution is 2.20. The highest BCUT2D eigenvalue weighted by atomic mass is 16.5. The number of para-hydroxylation sites is 2. The van der Waals surface area contributed by atoms with Gasteiger partial charge in [-0.1, -0.05) is 25.0 Å². The Balaban J connectivity index is 1.70. The standard InChI is InChI=1S/C16H26N2O/c1-14-8-3-2-6-11-18(14)12-7-13-19-16-10-5-4-9-15(16)17/h4-5,9-10,14H,2-3,6-8,11-13,17H2,1H3. The van der Waals surface area contributed by atoms with Gasteiger partial charge in [0, 0.05) is 12.6 Å². The van der Waals surface area contributed by atoms with E-state index in [1.165, 1.54) is 32.2 Å². The fraction of sp³-hybridized carbons (Fsp3) is 0.625. The zero-order valence-electron chi connectivity index (χ0n) is 12.0. The van der Waals surface area contributed by atoms with Crippen LogP contribution < -0.4 is 10.5 Å². The first-order valence-electron chi connectivity index (χ1n) is 7.49. The van der Waals surface area contributed by atoms with Crippen molar-refractivity contribution in [1.29, 1.82) is 0 Å². The molecule has 2 N–H and O–H groups in total. The number of nitrogens with two attached hydrogens (primary N) is 1. The van der Waals surface area contributed by atoms with Crippen LogP contribution in [0.2, 0.25) is 0 Å². The summed E-state index contributed by atoms with van der Waals surface area (Å²) < 4.78 is 5.74. The second-order valence-electron chi connectivity index (χ2n) is 5.47. The smallest absolute Gasteiger partial charge is 0.142 e. The predicted octanol–water partition coefficient (Wildman–Crippen LogP) is 3.30. The number of nitrogens with zero attached hydrogens (tertiary/aromatic N) is 1. The topological polar surface area (TPSA) is 38.5 Å². The van der Waals surface area contributed by atoms with Gasteiger partial charge in [-0.2, -0.15) is 0 Å². The van der Waals surface area contributed by atoms with Crippen LogP contribution in [0, 0.1) is 0 Å². The zero-order valence-corrected chi connectivity index (χ0v) is 12.0. The molecule has 1 aromatic rings. The van der Waals surface area contributed by atoms with E-state index >= 15 is 0 Å². The third-order valence-corrected chi connectivity index (χ3v) is 3.96. The molecule has 0 spiro atoms. The summed E-state index contributed by atoms with van der Waals surface area (Å²) in [7, 11) is 0. The summed E-state index contributed by atoms with van der Waals surface area (Å²) in [6.45, 7) is 5.47. The Hall–Kier alpha value is -1.22. The Morgan fingerprint density at radius 3 is 2.95 bits per heavy atom. The summed E-state index contributed by atoms with van der Waals surface area (Å²) in [5, 5.41) is 0. The molecule has 1 unspecified atom stereocenters. The molecular formula is C16H26N2O. The van der Waals surface area contributed by atoms with Crippen molar-refractivity contribution < 1.29 is 4.74 Å². The summed E-state index contributed by atoms with van der Waals surface area (Å²) in [5.41, 5.74) is 6.58. The van der Waals surface area contributed by atoms with E-state index in [2.05, 4.69) is 11.8 Å². The molecule has 1 heterocycles. The molecule has 0 amide bonds. The van der Waals surface area contributed by atoms with Crippen LogP contribution in [0.1, 0.15) is 39.0 Å². The molecule has 0 bridgehead atoms. The number of nitrogen functional groups attached to an aromatic ring is 1. The third-order valence-electron chi connectivity index (χ3n) is 3.96. The molecule has 2 rings (SSSR count). The van der Waals surface area contributed by atoms with Crippen molar-refractivity contribution in [3.05, 3.63) is 24.3 Å². The lowest BCUT2D eigenvalue weighted by Crippen LogP contribution is -2.34. The van der Waals surface area contributed by atoms with Crippen LogP contribution in [0.15, 0.2) is 24.3 Å². The van der Waals surface area contributed by atoms with Crippen LogP contribution in [0.4, 0.5) is 5.69 Å². The van der Waals surface area contributed by atoms with E-state index < -0.39 is 0 Å². The fourth-order valence-corrected chi connectivity index (χ4v) is 2.73. The van der Waals surface area contributed by atoms with Crippen molar-refractivity contribution in [2.75, 3.05) is 25.4 Å². The summed E-state index contributed by atoms with van der Waals surface area (Å²) in [5.74, 6) is 0.811. The SMILES string of the molecule is CC1CCCCCN1CCCOc1ccccc1N. The van der Waals surface area contributed by atoms with Crippen molar-refractivity contribution >= 4 is 5.69 Å². The number of hydrogen-bond donors (Lipinski definition) is 1. The Kier molecular flexibility index (Phi) is 5.52. The lowest BCUT2D eigenvalue weighted by molar-refractivity contribution is 0.192. The summed E-state index contributed by atoms with van der Waals surface area (Å²) in [6.07, 6.45) is 6.52. The Labute approximate surface area is 116 Å². The Morgan fingerprint density at radius 1 is 1.26 bits per heavy atom. The number of rotatable bonds is 5. The van der Waals surface area contributed by atoms with Crippen LogP contribution in [0.5, 0.6) is 5.75 Å². The minimum Gasteiger partial charge on any atom is -0.491 e. The number of likely N-dealkylation sites (tertiary alicyclic amines) is 1. The van der Waals surface area contributed by atoms with Crippen molar-refractivity contribution in [3.8, 4) is 5.75 Å². The Bertz CT molecular complexity index is 381. The Morgan fingerprint density at radius 2 is 2.11 bits per heavy atom. The number of benzene rings is 1. The minimum absolute atomic E-state index is 0.726. The first-order chi connectivity index (χ1) is 9.27. The van der Waals surface area contributed by atoms with E-state index in [1.54, 1.807) is 0 Å². The molecule has 0 aromatic heterocycles. The van der Waals surface area contributed by atoms with Gasteiger partial charge < -0.3 is 15.4 Å². The summed E-state index contributed by atoms with van der Waals surface area (Å²) >= 11 is 0. The maximum absolute atomic E-state index is 5.85. The number of anilines is 1. The lowest BCUT2D eigenvalue weighted by atomic mass is 10.1. The molecule has 0 radical (unpaired) electrons. The second-order valence-corrected chi connectivity index (χ2v) is 5.47. The van der Waals surface area contributed by atoms with Gasteiger partial charge in [0.25, 0.3) is 0 Å². The molecule has 1 fully saturated rings. The van der Waals surface area contributed by atoms with Crippen LogP contribution in [0.25, 0.3) is 0 Å². The van der Waals surface area contributed by atoms with E-state index in [-0.39, 0.29) is 0 Å². The van der Waals surface area contributed by atoms with Gasteiger partial charge >= 0.3 is 0 Å². The maximum Gasteiger partial charge on any atom is 0.142 e. The van der Waals surface area contributed by atoms with E-state index in [9.17, 15) is 0 Å². The first kappa shape index (κ1) is 14.2. The highest BCUT2D eigenvalue weighted by Gasteiger charge is 2.15. The quantitative estimate of drug-likeness (QED) is 0.653. The van der Waals surface area contributed by atoms with E-state index in [0.29, 0.717) is 0 Å². The fourth-order valence-electron chi connectivity index (χ4n) is 2.73. The van der Waals surface area contributed by atoms with E-state index in [0.717, 1.165) is 37.1 Å². The van der Waals surface area contributed by atoms with Gasteiger partial charge in [-0.25, -0.2) is 0 Å². The van der Waals surface area contributed by atoms with E-state index in [4.69, 9.17) is 10.5 Å². The average molecular weight is 262 g/mol. The molecule has 3 heteroatoms. The van der Waals surface area contributed by atoms with Crippen LogP contribution in [0.3, 0.4) is 0 Å². The van der Waals surface area contributed by atoms with Gasteiger partial charge in [0.1, 0.15) is 5.75 Å². The van der Waals surface area contributed by atoms with Gasteiger partial charge in [-0.05, 0) is 44.9 Å². The molecular weight excluding hydrogens is 236 g/mol. The van der Waals surface area contributed by atoms with E-state index in [1.807, 2.05) is 24.3 Å². The average Bonchev–Trinajstić information content (AvgIpc) is 2.62. The van der Waals surface area contributed by atoms with Gasteiger partial charge in [0.15, 0.2) is 0 Å². The number of hydrogen-bond acceptors (Lipinski definition) is 3. The lowest BCUT2D eigenvalue weighted by Gasteiger charge is -2.26. The van der Waals surface area contributed by atoms with Crippen molar-refractivity contribution in [2.45, 2.75) is 45.1 Å². The molecule has 0 aliphatic carbocycles. The second kappa shape index (κ2) is 7.39. The molecule has 1 aromatic carbocycles. The largest absolute Gasteiger partial charge is 0.491 e. The highest BCUT2D eigenvalue weighted by molar-refractivity contribution is 5.51. The van der Waals surface area contributed by atoms with Crippen molar-refractivity contribution in [1.82, 2.24) is 4.90 Å². The molecule has 106 valence electrons. The van der Waals surface area contributed by atoms with Crippen molar-refractivity contribution in [2.24, 2.45) is 0 Å². The minimum atomic E-state index is 0.726. The molecule has 1 aliphatic heterocycles. The number of ether oxygens (including phenoxy) is 1. The van der Waals surface area contributed by atoms with Gasteiger partial charge in [-0.3, -0.25) is 0 Å². The van der Waals surface area contributed by atoms with Crippen molar-refractivity contribution in [3.63, 3.8) is 0 Å². The molecule has 1 atom stereocenters. The maximum atomic E-state index is 5.85. The molecule has 1 aliphatic rings. The van der Waals surface area contributed by atoms with Gasteiger partial charge in [-0.15, -0.1) is 0 Å². The van der Waals surface area contributed by atoms with Gasteiger partial charge in [0.05, 0.1) is 12.3 Å². The van der Waals surface area contributed by atoms with Gasteiger partial charge in [0.2, 0.25) is 0 Å². The van der Waals surface area contributed by atoms with Crippen LogP contribution >= 0.6 is 0 Å². The molecule has 19 heavy (non-hydrogen) atoms. The monoisotopic (exact) mass is 262 g/mol.